The first-order chi connectivity index (χ1) is 7.90. The highest BCUT2D eigenvalue weighted by Gasteiger charge is 2.08. The maximum Gasteiger partial charge on any atom is 0.135 e. The molecule has 1 atom stereocenters. The lowest BCUT2D eigenvalue weighted by Gasteiger charge is -2.20. The summed E-state index contributed by atoms with van der Waals surface area (Å²) in [6, 6.07) is 2.20. The number of nitrogens with one attached hydrogen (secondary N) is 1. The first-order valence-electron chi connectivity index (χ1n) is 5.85. The van der Waals surface area contributed by atoms with Gasteiger partial charge in [0.1, 0.15) is 16.8 Å². The van der Waals surface area contributed by atoms with Crippen LogP contribution in [0.1, 0.15) is 32.5 Å². The molecule has 1 heterocycles. The van der Waals surface area contributed by atoms with E-state index in [4.69, 9.17) is 11.6 Å². The minimum atomic E-state index is 0.278. The van der Waals surface area contributed by atoms with Crippen LogP contribution in [0.2, 0.25) is 5.15 Å². The van der Waals surface area contributed by atoms with E-state index in [-0.39, 0.29) is 5.92 Å². The lowest BCUT2D eigenvalue weighted by Crippen LogP contribution is -2.31. The lowest BCUT2D eigenvalue weighted by molar-refractivity contribution is 0.326. The summed E-state index contributed by atoms with van der Waals surface area (Å²) in [5.41, 5.74) is 0. The SMILES string of the molecule is CC(C)c1nc(Cl)cc(NCC(C)N(C)C)n1. The summed E-state index contributed by atoms with van der Waals surface area (Å²) in [6.45, 7) is 7.09. The minimum absolute atomic E-state index is 0.278. The highest BCUT2D eigenvalue weighted by Crippen LogP contribution is 2.16. The van der Waals surface area contributed by atoms with E-state index >= 15 is 0 Å². The van der Waals surface area contributed by atoms with Crippen LogP contribution in [0.25, 0.3) is 0 Å². The standard InChI is InChI=1S/C12H21ClN4/c1-8(2)12-15-10(13)6-11(16-12)14-7-9(3)17(4)5/h6,8-9H,7H2,1-5H3,(H,14,15,16). The fourth-order valence-electron chi connectivity index (χ4n) is 1.22. The van der Waals surface area contributed by atoms with Gasteiger partial charge >= 0.3 is 0 Å². The number of likely N-dealkylation sites (N-methyl/N-ethyl adjacent to an activating group) is 1. The summed E-state index contributed by atoms with van der Waals surface area (Å²) in [5.74, 6) is 1.85. The Balaban J connectivity index is 2.71. The highest BCUT2D eigenvalue weighted by molar-refractivity contribution is 6.29. The molecule has 0 aromatic carbocycles. The fourth-order valence-corrected chi connectivity index (χ4v) is 1.41. The van der Waals surface area contributed by atoms with Gasteiger partial charge in [0.15, 0.2) is 0 Å². The van der Waals surface area contributed by atoms with E-state index < -0.39 is 0 Å². The van der Waals surface area contributed by atoms with E-state index in [1.165, 1.54) is 0 Å². The van der Waals surface area contributed by atoms with Gasteiger partial charge in [-0.1, -0.05) is 25.4 Å². The zero-order chi connectivity index (χ0) is 13.0. The van der Waals surface area contributed by atoms with Crippen molar-refractivity contribution in [1.82, 2.24) is 14.9 Å². The summed E-state index contributed by atoms with van der Waals surface area (Å²) in [6.07, 6.45) is 0. The number of halogens is 1. The molecule has 4 nitrogen and oxygen atoms in total. The molecule has 1 aromatic heterocycles. The number of anilines is 1. The summed E-state index contributed by atoms with van der Waals surface area (Å²) < 4.78 is 0. The van der Waals surface area contributed by atoms with Crippen LogP contribution >= 0.6 is 11.6 Å². The van der Waals surface area contributed by atoms with Crippen LogP contribution < -0.4 is 5.32 Å². The van der Waals surface area contributed by atoms with E-state index in [9.17, 15) is 0 Å². The van der Waals surface area contributed by atoms with E-state index in [1.807, 2.05) is 0 Å². The zero-order valence-corrected chi connectivity index (χ0v) is 11.9. The molecule has 0 saturated carbocycles. The van der Waals surface area contributed by atoms with E-state index in [2.05, 4.69) is 55.1 Å². The molecule has 96 valence electrons. The van der Waals surface area contributed by atoms with Gasteiger partial charge in [-0.15, -0.1) is 0 Å². The van der Waals surface area contributed by atoms with Gasteiger partial charge in [0, 0.05) is 24.6 Å². The minimum Gasteiger partial charge on any atom is -0.368 e. The van der Waals surface area contributed by atoms with Crippen molar-refractivity contribution in [1.29, 1.82) is 0 Å². The predicted octanol–water partition coefficient (Wildman–Crippen LogP) is 2.62. The van der Waals surface area contributed by atoms with Gasteiger partial charge in [-0.25, -0.2) is 9.97 Å². The molecule has 0 radical (unpaired) electrons. The monoisotopic (exact) mass is 256 g/mol. The Morgan fingerprint density at radius 1 is 1.29 bits per heavy atom. The van der Waals surface area contributed by atoms with E-state index in [0.717, 1.165) is 18.2 Å². The average molecular weight is 257 g/mol. The summed E-state index contributed by atoms with van der Waals surface area (Å²) >= 11 is 5.97. The van der Waals surface area contributed by atoms with Crippen LogP contribution in [0.5, 0.6) is 0 Å². The van der Waals surface area contributed by atoms with Crippen LogP contribution in [0.3, 0.4) is 0 Å². The molecule has 1 unspecified atom stereocenters. The summed E-state index contributed by atoms with van der Waals surface area (Å²) in [5, 5.41) is 3.77. The molecule has 1 aromatic rings. The van der Waals surface area contributed by atoms with Crippen LogP contribution in [-0.4, -0.2) is 41.5 Å². The van der Waals surface area contributed by atoms with Gasteiger partial charge in [0.25, 0.3) is 0 Å². The van der Waals surface area contributed by atoms with Gasteiger partial charge in [-0.05, 0) is 21.0 Å². The Kier molecular flexibility index (Phi) is 5.15. The number of nitrogens with zero attached hydrogens (tertiary/aromatic N) is 3. The summed E-state index contributed by atoms with van der Waals surface area (Å²) in [4.78, 5) is 10.8. The smallest absolute Gasteiger partial charge is 0.135 e. The molecule has 1 rings (SSSR count). The van der Waals surface area contributed by atoms with Crippen molar-refractivity contribution in [3.8, 4) is 0 Å². The molecule has 1 N–H and O–H groups in total. The predicted molar refractivity (Wildman–Crippen MR) is 72.8 cm³/mol. The molecule has 0 fully saturated rings. The van der Waals surface area contributed by atoms with Crippen molar-refractivity contribution in [3.05, 3.63) is 17.0 Å². The molecule has 0 aliphatic heterocycles. The Morgan fingerprint density at radius 2 is 1.94 bits per heavy atom. The lowest BCUT2D eigenvalue weighted by atomic mass is 10.2. The van der Waals surface area contributed by atoms with Crippen molar-refractivity contribution < 1.29 is 0 Å². The van der Waals surface area contributed by atoms with E-state index in [1.54, 1.807) is 6.07 Å². The number of aromatic nitrogens is 2. The fraction of sp³-hybridized carbons (Fsp3) is 0.667. The molecule has 0 bridgehead atoms. The van der Waals surface area contributed by atoms with Crippen molar-refractivity contribution >= 4 is 17.4 Å². The van der Waals surface area contributed by atoms with Gasteiger partial charge in [0.05, 0.1) is 0 Å². The van der Waals surface area contributed by atoms with Gasteiger partial charge in [-0.3, -0.25) is 0 Å². The van der Waals surface area contributed by atoms with Gasteiger partial charge in [-0.2, -0.15) is 0 Å². The Labute approximate surface area is 108 Å². The van der Waals surface area contributed by atoms with Crippen molar-refractivity contribution in [2.75, 3.05) is 26.0 Å². The number of rotatable bonds is 5. The largest absolute Gasteiger partial charge is 0.368 e. The topological polar surface area (TPSA) is 41.1 Å². The van der Waals surface area contributed by atoms with Gasteiger partial charge in [0.2, 0.25) is 0 Å². The Morgan fingerprint density at radius 3 is 2.47 bits per heavy atom. The van der Waals surface area contributed by atoms with Crippen LogP contribution in [0.4, 0.5) is 5.82 Å². The van der Waals surface area contributed by atoms with Crippen LogP contribution in [0.15, 0.2) is 6.07 Å². The van der Waals surface area contributed by atoms with E-state index in [0.29, 0.717) is 11.2 Å². The van der Waals surface area contributed by atoms with Crippen LogP contribution in [0, 0.1) is 0 Å². The third-order valence-electron chi connectivity index (χ3n) is 2.69. The third kappa shape index (κ3) is 4.48. The zero-order valence-electron chi connectivity index (χ0n) is 11.2. The second-order valence-corrected chi connectivity index (χ2v) is 5.17. The molecule has 0 spiro atoms. The van der Waals surface area contributed by atoms with Crippen molar-refractivity contribution in [2.24, 2.45) is 0 Å². The third-order valence-corrected chi connectivity index (χ3v) is 2.88. The highest BCUT2D eigenvalue weighted by atomic mass is 35.5. The number of hydrogen-bond donors (Lipinski definition) is 1. The molecule has 0 amide bonds. The normalized spacial score (nSPS) is 13.2. The Hall–Kier alpha value is -0.870. The van der Waals surface area contributed by atoms with Crippen molar-refractivity contribution in [3.63, 3.8) is 0 Å². The maximum absolute atomic E-state index is 5.97. The number of hydrogen-bond acceptors (Lipinski definition) is 4. The molecule has 5 heteroatoms. The molecular weight excluding hydrogens is 236 g/mol. The second-order valence-electron chi connectivity index (χ2n) is 4.78. The first-order valence-corrected chi connectivity index (χ1v) is 6.22. The van der Waals surface area contributed by atoms with Gasteiger partial charge < -0.3 is 10.2 Å². The quantitative estimate of drug-likeness (QED) is 0.823. The summed E-state index contributed by atoms with van der Waals surface area (Å²) in [7, 11) is 4.11. The first kappa shape index (κ1) is 14.2. The molecule has 0 aliphatic rings. The molecular formula is C12H21ClN4. The molecule has 0 saturated heterocycles. The molecule has 17 heavy (non-hydrogen) atoms. The molecule has 0 aliphatic carbocycles. The maximum atomic E-state index is 5.97. The average Bonchev–Trinajstić information content (AvgIpc) is 2.24. The second kappa shape index (κ2) is 6.17. The van der Waals surface area contributed by atoms with Crippen LogP contribution in [-0.2, 0) is 0 Å². The Bertz CT molecular complexity index is 366. The van der Waals surface area contributed by atoms with Crippen molar-refractivity contribution in [2.45, 2.75) is 32.7 Å².